The highest BCUT2D eigenvalue weighted by molar-refractivity contribution is 7.89. The second-order valence-corrected chi connectivity index (χ2v) is 5.83. The smallest absolute Gasteiger partial charge is 0.214 e. The minimum Gasteiger partial charge on any atom is -0.298 e. The average molecular weight is 203 g/mol. The van der Waals surface area contributed by atoms with E-state index < -0.39 is 10.0 Å². The number of sulfonamides is 1. The van der Waals surface area contributed by atoms with Crippen LogP contribution < -0.4 is 0 Å². The average Bonchev–Trinajstić information content (AvgIpc) is 2.80. The highest BCUT2D eigenvalue weighted by Crippen LogP contribution is 2.30. The molecule has 1 heterocycles. The Morgan fingerprint density at radius 1 is 1.38 bits per heavy atom. The molecule has 1 saturated heterocycles. The van der Waals surface area contributed by atoms with Crippen molar-refractivity contribution in [3.63, 3.8) is 0 Å². The lowest BCUT2D eigenvalue weighted by Gasteiger charge is -2.12. The summed E-state index contributed by atoms with van der Waals surface area (Å²) in [6.07, 6.45) is 2.57. The number of nitrogens with zero attached hydrogens (tertiary/aromatic N) is 1. The van der Waals surface area contributed by atoms with E-state index in [2.05, 4.69) is 0 Å². The van der Waals surface area contributed by atoms with E-state index in [1.54, 1.807) is 0 Å². The maximum Gasteiger partial charge on any atom is 0.214 e. The number of ketones is 1. The first kappa shape index (κ1) is 9.15. The van der Waals surface area contributed by atoms with Crippen LogP contribution in [0, 0.1) is 5.92 Å². The van der Waals surface area contributed by atoms with Crippen LogP contribution in [0.1, 0.15) is 19.3 Å². The molecular formula is C8H13NO3S. The zero-order valence-corrected chi connectivity index (χ0v) is 8.22. The van der Waals surface area contributed by atoms with Crippen molar-refractivity contribution in [1.29, 1.82) is 0 Å². The van der Waals surface area contributed by atoms with Crippen molar-refractivity contribution in [2.75, 3.05) is 18.8 Å². The van der Waals surface area contributed by atoms with E-state index >= 15 is 0 Å². The molecule has 2 aliphatic rings. The van der Waals surface area contributed by atoms with E-state index in [9.17, 15) is 13.2 Å². The molecule has 1 saturated carbocycles. The fourth-order valence-corrected chi connectivity index (χ4v) is 3.06. The summed E-state index contributed by atoms with van der Waals surface area (Å²) in [5, 5.41) is 0. The molecule has 0 amide bonds. The van der Waals surface area contributed by atoms with Gasteiger partial charge >= 0.3 is 0 Å². The largest absolute Gasteiger partial charge is 0.298 e. The van der Waals surface area contributed by atoms with E-state index in [0.29, 0.717) is 13.0 Å². The van der Waals surface area contributed by atoms with Gasteiger partial charge in [0, 0.05) is 12.5 Å². The topological polar surface area (TPSA) is 54.5 Å². The molecule has 4 nitrogen and oxygen atoms in total. The molecule has 0 aromatic heterocycles. The van der Waals surface area contributed by atoms with Crippen molar-refractivity contribution in [3.8, 4) is 0 Å². The summed E-state index contributed by atoms with van der Waals surface area (Å²) in [7, 11) is -3.08. The molecule has 0 atom stereocenters. The van der Waals surface area contributed by atoms with Gasteiger partial charge in [0.15, 0.2) is 5.78 Å². The van der Waals surface area contributed by atoms with E-state index in [1.807, 2.05) is 0 Å². The summed E-state index contributed by atoms with van der Waals surface area (Å²) >= 11 is 0. The predicted molar refractivity (Wildman–Crippen MR) is 47.7 cm³/mol. The van der Waals surface area contributed by atoms with E-state index in [4.69, 9.17) is 0 Å². The van der Waals surface area contributed by atoms with Gasteiger partial charge in [-0.05, 0) is 19.3 Å². The van der Waals surface area contributed by atoms with Crippen LogP contribution in [0.5, 0.6) is 0 Å². The van der Waals surface area contributed by atoms with Gasteiger partial charge in [-0.2, -0.15) is 4.31 Å². The summed E-state index contributed by atoms with van der Waals surface area (Å²) in [6.45, 7) is 0.647. The minimum atomic E-state index is -3.08. The van der Waals surface area contributed by atoms with Crippen molar-refractivity contribution in [3.05, 3.63) is 0 Å². The van der Waals surface area contributed by atoms with E-state index in [1.165, 1.54) is 4.31 Å². The Morgan fingerprint density at radius 2 is 2.08 bits per heavy atom. The molecule has 1 aliphatic heterocycles. The highest BCUT2D eigenvalue weighted by atomic mass is 32.2. The van der Waals surface area contributed by atoms with Crippen LogP contribution in [0.3, 0.4) is 0 Å². The number of Topliss-reactive ketones (excluding diaryl/α,β-unsaturated/α-hetero) is 1. The first-order chi connectivity index (χ1) is 6.09. The summed E-state index contributed by atoms with van der Waals surface area (Å²) in [6, 6.07) is 0. The molecule has 74 valence electrons. The Hall–Kier alpha value is -0.420. The Balaban J connectivity index is 1.97. The third kappa shape index (κ3) is 1.91. The number of rotatable bonds is 3. The molecule has 1 aliphatic carbocycles. The summed E-state index contributed by atoms with van der Waals surface area (Å²) in [4.78, 5) is 11.3. The van der Waals surface area contributed by atoms with Gasteiger partial charge < -0.3 is 0 Å². The van der Waals surface area contributed by atoms with Crippen LogP contribution in [-0.2, 0) is 14.8 Å². The van der Waals surface area contributed by atoms with Crippen molar-refractivity contribution in [1.82, 2.24) is 4.31 Å². The third-order valence-corrected chi connectivity index (χ3v) is 4.47. The first-order valence-electron chi connectivity index (χ1n) is 4.60. The lowest BCUT2D eigenvalue weighted by atomic mass is 10.2. The van der Waals surface area contributed by atoms with Gasteiger partial charge in [-0.15, -0.1) is 0 Å². The van der Waals surface area contributed by atoms with E-state index in [-0.39, 0.29) is 24.0 Å². The Bertz CT molecular complexity index is 318. The quantitative estimate of drug-likeness (QED) is 0.649. The first-order valence-corrected chi connectivity index (χ1v) is 6.21. The maximum absolute atomic E-state index is 11.3. The molecule has 0 N–H and O–H groups in total. The molecule has 0 spiro atoms. The van der Waals surface area contributed by atoms with Crippen LogP contribution in [0.25, 0.3) is 0 Å². The van der Waals surface area contributed by atoms with E-state index in [0.717, 1.165) is 12.8 Å². The van der Waals surface area contributed by atoms with Gasteiger partial charge in [-0.3, -0.25) is 4.79 Å². The van der Waals surface area contributed by atoms with Crippen LogP contribution in [0.2, 0.25) is 0 Å². The highest BCUT2D eigenvalue weighted by Gasteiger charge is 2.35. The lowest BCUT2D eigenvalue weighted by molar-refractivity contribution is -0.120. The second-order valence-electron chi connectivity index (χ2n) is 3.74. The Kier molecular flexibility index (Phi) is 2.15. The molecule has 0 aromatic rings. The van der Waals surface area contributed by atoms with Crippen molar-refractivity contribution >= 4 is 15.8 Å². The number of hydrogen-bond acceptors (Lipinski definition) is 3. The van der Waals surface area contributed by atoms with Gasteiger partial charge in [-0.25, -0.2) is 8.42 Å². The molecule has 2 rings (SSSR count). The van der Waals surface area contributed by atoms with Crippen molar-refractivity contribution in [2.24, 2.45) is 5.92 Å². The van der Waals surface area contributed by atoms with Gasteiger partial charge in [-0.1, -0.05) is 0 Å². The van der Waals surface area contributed by atoms with Crippen LogP contribution in [0.15, 0.2) is 0 Å². The van der Waals surface area contributed by atoms with Gasteiger partial charge in [0.2, 0.25) is 10.0 Å². The fourth-order valence-electron chi connectivity index (χ4n) is 1.58. The molecule has 0 bridgehead atoms. The number of carbonyl (C=O) groups is 1. The van der Waals surface area contributed by atoms with Crippen LogP contribution in [-0.4, -0.2) is 37.3 Å². The van der Waals surface area contributed by atoms with Gasteiger partial charge in [0.25, 0.3) is 0 Å². The second kappa shape index (κ2) is 3.06. The SMILES string of the molecule is O=C(CN1CCCS1(=O)=O)C1CC1. The van der Waals surface area contributed by atoms with Gasteiger partial charge in [0.05, 0.1) is 12.3 Å². The standard InChI is InChI=1S/C8H13NO3S/c10-8(7-2-3-7)6-9-4-1-5-13(9,11)12/h7H,1-6H2. The fraction of sp³-hybridized carbons (Fsp3) is 0.875. The van der Waals surface area contributed by atoms with Crippen LogP contribution >= 0.6 is 0 Å². The lowest BCUT2D eigenvalue weighted by Crippen LogP contribution is -2.32. The normalized spacial score (nSPS) is 27.7. The molecule has 13 heavy (non-hydrogen) atoms. The number of carbonyl (C=O) groups excluding carboxylic acids is 1. The zero-order valence-electron chi connectivity index (χ0n) is 7.40. The molecule has 5 heteroatoms. The molecule has 0 aromatic carbocycles. The Labute approximate surface area is 78.0 Å². The summed E-state index contributed by atoms with van der Waals surface area (Å²) in [5.74, 6) is 0.478. The molecule has 0 unspecified atom stereocenters. The minimum absolute atomic E-state index is 0.102. The van der Waals surface area contributed by atoms with Crippen molar-refractivity contribution < 1.29 is 13.2 Å². The van der Waals surface area contributed by atoms with Crippen LogP contribution in [0.4, 0.5) is 0 Å². The zero-order chi connectivity index (χ0) is 9.47. The summed E-state index contributed by atoms with van der Waals surface area (Å²) in [5.41, 5.74) is 0. The van der Waals surface area contributed by atoms with Crippen molar-refractivity contribution in [2.45, 2.75) is 19.3 Å². The number of hydrogen-bond donors (Lipinski definition) is 0. The van der Waals surface area contributed by atoms with Gasteiger partial charge in [0.1, 0.15) is 0 Å². The predicted octanol–water partition coefficient (Wildman–Crippen LogP) is 0.00100. The molecule has 2 fully saturated rings. The monoisotopic (exact) mass is 203 g/mol. The molecular weight excluding hydrogens is 190 g/mol. The summed E-state index contributed by atoms with van der Waals surface area (Å²) < 4.78 is 24.0. The third-order valence-electron chi connectivity index (χ3n) is 2.57. The maximum atomic E-state index is 11.3. The molecule has 0 radical (unpaired) electrons. The Morgan fingerprint density at radius 3 is 2.54 bits per heavy atom.